The van der Waals surface area contributed by atoms with Gasteiger partial charge in [0, 0.05) is 13.1 Å². The Hall–Kier alpha value is -2.32. The van der Waals surface area contributed by atoms with Crippen LogP contribution in [0, 0.1) is 5.82 Å². The fourth-order valence-electron chi connectivity index (χ4n) is 5.01. The Morgan fingerprint density at radius 3 is 2.21 bits per heavy atom. The summed E-state index contributed by atoms with van der Waals surface area (Å²) in [5.74, 6) is -1.28. The van der Waals surface area contributed by atoms with E-state index in [9.17, 15) is 18.8 Å². The maximum atomic E-state index is 13.2. The van der Waals surface area contributed by atoms with Gasteiger partial charge in [-0.1, -0.05) is 6.42 Å². The number of carbonyl (C=O) groups excluding carboxylic acids is 3. The van der Waals surface area contributed by atoms with E-state index in [2.05, 4.69) is 4.90 Å². The Kier molecular flexibility index (Phi) is 5.40. The molecule has 29 heavy (non-hydrogen) atoms. The summed E-state index contributed by atoms with van der Waals surface area (Å²) in [7, 11) is 0. The maximum Gasteiger partial charge on any atom is 0.251 e. The number of hydrogen-bond donors (Lipinski definition) is 1. The molecule has 3 amide bonds. The molecule has 3 heterocycles. The van der Waals surface area contributed by atoms with Crippen molar-refractivity contribution in [2.24, 2.45) is 5.73 Å². The van der Waals surface area contributed by atoms with Gasteiger partial charge in [0.1, 0.15) is 11.4 Å². The van der Waals surface area contributed by atoms with Crippen molar-refractivity contribution in [3.63, 3.8) is 0 Å². The molecule has 1 aromatic carbocycles. The summed E-state index contributed by atoms with van der Waals surface area (Å²) >= 11 is 0. The first kappa shape index (κ1) is 20.0. The van der Waals surface area contributed by atoms with Crippen molar-refractivity contribution < 1.29 is 18.8 Å². The quantitative estimate of drug-likeness (QED) is 0.767. The highest BCUT2D eigenvalue weighted by molar-refractivity contribution is 6.22. The number of halogens is 1. The summed E-state index contributed by atoms with van der Waals surface area (Å²) in [6.45, 7) is 2.84. The molecule has 2 N–H and O–H groups in total. The van der Waals surface area contributed by atoms with Crippen LogP contribution in [0.15, 0.2) is 24.3 Å². The van der Waals surface area contributed by atoms with Crippen LogP contribution in [0.2, 0.25) is 0 Å². The fourth-order valence-corrected chi connectivity index (χ4v) is 5.01. The molecule has 1 aromatic rings. The van der Waals surface area contributed by atoms with Gasteiger partial charge in [0.2, 0.25) is 11.8 Å². The molecule has 3 aliphatic rings. The summed E-state index contributed by atoms with van der Waals surface area (Å²) in [6, 6.07) is 4.82. The molecule has 0 radical (unpaired) electrons. The molecule has 156 valence electrons. The Balaban J connectivity index is 1.47. The van der Waals surface area contributed by atoms with Gasteiger partial charge in [0.25, 0.3) is 5.91 Å². The largest absolute Gasteiger partial charge is 0.368 e. The van der Waals surface area contributed by atoms with Crippen LogP contribution in [0.5, 0.6) is 0 Å². The minimum atomic E-state index is -0.654. The lowest BCUT2D eigenvalue weighted by Crippen LogP contribution is -2.64. The molecule has 0 saturated carbocycles. The molecule has 8 heteroatoms. The molecular weight excluding hydrogens is 375 g/mol. The van der Waals surface area contributed by atoms with Gasteiger partial charge in [0.15, 0.2) is 0 Å². The predicted molar refractivity (Wildman–Crippen MR) is 105 cm³/mol. The molecule has 7 nitrogen and oxygen atoms in total. The zero-order valence-electron chi connectivity index (χ0n) is 16.5. The smallest absolute Gasteiger partial charge is 0.251 e. The Labute approximate surface area is 169 Å². The van der Waals surface area contributed by atoms with Gasteiger partial charge in [-0.3, -0.25) is 24.2 Å². The molecule has 0 unspecified atom stereocenters. The number of rotatable bonds is 4. The first-order valence-electron chi connectivity index (χ1n) is 10.3. The monoisotopic (exact) mass is 402 g/mol. The third kappa shape index (κ3) is 3.55. The lowest BCUT2D eigenvalue weighted by atomic mass is 9.83. The highest BCUT2D eigenvalue weighted by atomic mass is 19.1. The second kappa shape index (κ2) is 7.84. The van der Waals surface area contributed by atoms with Gasteiger partial charge < -0.3 is 5.73 Å². The van der Waals surface area contributed by atoms with Crippen molar-refractivity contribution >= 4 is 23.4 Å². The van der Waals surface area contributed by atoms with Crippen LogP contribution in [-0.2, 0) is 14.4 Å². The number of imide groups is 1. The Morgan fingerprint density at radius 1 is 1.00 bits per heavy atom. The van der Waals surface area contributed by atoms with E-state index in [1.807, 2.05) is 4.90 Å². The van der Waals surface area contributed by atoms with E-state index in [4.69, 9.17) is 5.73 Å². The van der Waals surface area contributed by atoms with Gasteiger partial charge in [-0.05, 0) is 63.0 Å². The van der Waals surface area contributed by atoms with Crippen LogP contribution in [-0.4, -0.2) is 65.3 Å². The minimum Gasteiger partial charge on any atom is -0.368 e. The van der Waals surface area contributed by atoms with Crippen LogP contribution in [0.4, 0.5) is 10.1 Å². The number of likely N-dealkylation sites (tertiary alicyclic amines) is 2. The standard InChI is InChI=1S/C21H27FN4O3/c22-15-4-6-16(7-5-15)26-18(27)14-17(19(26)28)24-12-8-21(9-13-24,20(23)29)25-10-2-1-3-11-25/h4-7,17H,1-3,8-14H2,(H2,23,29)/t17-/m0/s1. The highest BCUT2D eigenvalue weighted by Crippen LogP contribution is 2.34. The number of benzene rings is 1. The summed E-state index contributed by atoms with van der Waals surface area (Å²) in [6.07, 6.45) is 4.55. The van der Waals surface area contributed by atoms with E-state index >= 15 is 0 Å². The third-order valence-corrected chi connectivity index (χ3v) is 6.69. The second-order valence-corrected chi connectivity index (χ2v) is 8.24. The lowest BCUT2D eigenvalue weighted by molar-refractivity contribution is -0.136. The van der Waals surface area contributed by atoms with Crippen molar-refractivity contribution in [3.8, 4) is 0 Å². The van der Waals surface area contributed by atoms with Gasteiger partial charge in [-0.25, -0.2) is 9.29 Å². The summed E-state index contributed by atoms with van der Waals surface area (Å²) in [5.41, 5.74) is 5.57. The normalized spacial score (nSPS) is 26.1. The first-order valence-corrected chi connectivity index (χ1v) is 10.3. The number of nitrogens with zero attached hydrogens (tertiary/aromatic N) is 3. The van der Waals surface area contributed by atoms with Gasteiger partial charge in [-0.15, -0.1) is 0 Å². The van der Waals surface area contributed by atoms with E-state index < -0.39 is 17.4 Å². The molecule has 4 rings (SSSR count). The van der Waals surface area contributed by atoms with Gasteiger partial charge in [-0.2, -0.15) is 0 Å². The van der Waals surface area contributed by atoms with E-state index in [-0.39, 0.29) is 24.1 Å². The number of anilines is 1. The number of amides is 3. The highest BCUT2D eigenvalue weighted by Gasteiger charge is 2.49. The summed E-state index contributed by atoms with van der Waals surface area (Å²) in [4.78, 5) is 43.2. The summed E-state index contributed by atoms with van der Waals surface area (Å²) < 4.78 is 13.2. The number of nitrogens with two attached hydrogens (primary N) is 1. The van der Waals surface area contributed by atoms with E-state index in [1.165, 1.54) is 30.7 Å². The lowest BCUT2D eigenvalue weighted by Gasteiger charge is -2.48. The average Bonchev–Trinajstić information content (AvgIpc) is 3.03. The average molecular weight is 402 g/mol. The molecule has 0 spiro atoms. The van der Waals surface area contributed by atoms with Crippen LogP contribution in [0.3, 0.4) is 0 Å². The maximum absolute atomic E-state index is 13.2. The van der Waals surface area contributed by atoms with Gasteiger partial charge in [0.05, 0.1) is 18.2 Å². The first-order chi connectivity index (χ1) is 13.9. The third-order valence-electron chi connectivity index (χ3n) is 6.69. The zero-order chi connectivity index (χ0) is 20.6. The molecule has 0 aliphatic carbocycles. The fraction of sp³-hybridized carbons (Fsp3) is 0.571. The SMILES string of the molecule is NC(=O)C1(N2CCCCC2)CCN([C@H]2CC(=O)N(c3ccc(F)cc3)C2=O)CC1. The predicted octanol–water partition coefficient (Wildman–Crippen LogP) is 1.26. The Morgan fingerprint density at radius 2 is 1.62 bits per heavy atom. The molecule has 3 aliphatic heterocycles. The number of piperidine rings is 2. The van der Waals surface area contributed by atoms with Gasteiger partial charge >= 0.3 is 0 Å². The molecule has 3 saturated heterocycles. The summed E-state index contributed by atoms with van der Waals surface area (Å²) in [5, 5.41) is 0. The van der Waals surface area contributed by atoms with E-state index in [0.717, 1.165) is 30.8 Å². The van der Waals surface area contributed by atoms with Crippen molar-refractivity contribution in [2.45, 2.75) is 50.1 Å². The van der Waals surface area contributed by atoms with Crippen LogP contribution >= 0.6 is 0 Å². The van der Waals surface area contributed by atoms with Crippen LogP contribution < -0.4 is 10.6 Å². The van der Waals surface area contributed by atoms with Crippen molar-refractivity contribution in [1.82, 2.24) is 9.80 Å². The molecule has 0 aromatic heterocycles. The zero-order valence-corrected chi connectivity index (χ0v) is 16.5. The topological polar surface area (TPSA) is 87.0 Å². The van der Waals surface area contributed by atoms with E-state index in [1.54, 1.807) is 0 Å². The number of primary amides is 1. The number of hydrogen-bond acceptors (Lipinski definition) is 5. The van der Waals surface area contributed by atoms with E-state index in [0.29, 0.717) is 31.6 Å². The minimum absolute atomic E-state index is 0.101. The molecule has 3 fully saturated rings. The molecular formula is C21H27FN4O3. The Bertz CT molecular complexity index is 799. The molecule has 1 atom stereocenters. The molecule has 0 bridgehead atoms. The van der Waals surface area contributed by atoms with Crippen molar-refractivity contribution in [1.29, 1.82) is 0 Å². The van der Waals surface area contributed by atoms with Crippen molar-refractivity contribution in [3.05, 3.63) is 30.1 Å². The van der Waals surface area contributed by atoms with Crippen LogP contribution in [0.1, 0.15) is 38.5 Å². The van der Waals surface area contributed by atoms with Crippen molar-refractivity contribution in [2.75, 3.05) is 31.1 Å². The number of carbonyl (C=O) groups is 3. The second-order valence-electron chi connectivity index (χ2n) is 8.24. The van der Waals surface area contributed by atoms with Crippen LogP contribution in [0.25, 0.3) is 0 Å².